The number of aryl methyl sites for hydroxylation is 2. The van der Waals surface area contributed by atoms with Crippen LogP contribution in [0.25, 0.3) is 0 Å². The smallest absolute Gasteiger partial charge is 0.00203 e. The van der Waals surface area contributed by atoms with Gasteiger partial charge in [-0.3, -0.25) is 0 Å². The van der Waals surface area contributed by atoms with E-state index in [9.17, 15) is 0 Å². The van der Waals surface area contributed by atoms with Crippen LogP contribution >= 0.6 is 0 Å². The van der Waals surface area contributed by atoms with E-state index in [0.717, 1.165) is 25.7 Å². The predicted octanol–water partition coefficient (Wildman–Crippen LogP) is 9.59. The van der Waals surface area contributed by atoms with Gasteiger partial charge in [0.1, 0.15) is 0 Å². The molecule has 5 aromatic rings. The number of hydrogen-bond acceptors (Lipinski definition) is 0. The third kappa shape index (κ3) is 6.07. The Hall–Kier alpha value is -3.90. The molecule has 0 nitrogen and oxygen atoms in total. The highest BCUT2D eigenvalue weighted by Gasteiger charge is 2.12. The van der Waals surface area contributed by atoms with Crippen molar-refractivity contribution in [1.82, 2.24) is 0 Å². The van der Waals surface area contributed by atoms with Crippen molar-refractivity contribution in [2.45, 2.75) is 60.3 Å². The van der Waals surface area contributed by atoms with Crippen LogP contribution in [0.5, 0.6) is 0 Å². The van der Waals surface area contributed by atoms with Crippen molar-refractivity contribution >= 4 is 0 Å². The number of hydrogen-bond donors (Lipinski definition) is 0. The van der Waals surface area contributed by atoms with E-state index in [-0.39, 0.29) is 0 Å². The molecule has 0 heterocycles. The van der Waals surface area contributed by atoms with E-state index in [2.05, 4.69) is 138 Å². The third-order valence-electron chi connectivity index (χ3n) is 8.72. The van der Waals surface area contributed by atoms with Gasteiger partial charge in [0.15, 0.2) is 0 Å². The van der Waals surface area contributed by atoms with Crippen LogP contribution in [-0.2, 0) is 25.7 Å². The van der Waals surface area contributed by atoms with Gasteiger partial charge in [-0.2, -0.15) is 0 Å². The largest absolute Gasteiger partial charge is 0.0620 e. The lowest BCUT2D eigenvalue weighted by Crippen LogP contribution is -2.03. The molecule has 0 bridgehead atoms. The Bertz CT molecular complexity index is 1480. The van der Waals surface area contributed by atoms with E-state index in [1.807, 2.05) is 0 Å². The van der Waals surface area contributed by atoms with E-state index >= 15 is 0 Å². The van der Waals surface area contributed by atoms with Crippen LogP contribution in [-0.4, -0.2) is 0 Å². The molecule has 0 saturated carbocycles. The topological polar surface area (TPSA) is 0 Å². The first kappa shape index (κ1) is 26.7. The predicted molar refractivity (Wildman–Crippen MR) is 167 cm³/mol. The lowest BCUT2D eigenvalue weighted by atomic mass is 9.88. The maximum absolute atomic E-state index is 2.31. The van der Waals surface area contributed by atoms with Gasteiger partial charge in [0, 0.05) is 0 Å². The lowest BCUT2D eigenvalue weighted by Gasteiger charge is -2.17. The Morgan fingerprint density at radius 3 is 0.795 bits per heavy atom. The Morgan fingerprint density at radius 1 is 0.282 bits per heavy atom. The Labute approximate surface area is 235 Å². The van der Waals surface area contributed by atoms with E-state index in [4.69, 9.17) is 0 Å². The molecule has 0 aromatic heterocycles. The molecule has 0 heteroatoms. The molecular formula is C39H40. The van der Waals surface area contributed by atoms with Gasteiger partial charge in [0.2, 0.25) is 0 Å². The summed E-state index contributed by atoms with van der Waals surface area (Å²) in [7, 11) is 0. The summed E-state index contributed by atoms with van der Waals surface area (Å²) in [6.07, 6.45) is 3.92. The van der Waals surface area contributed by atoms with Crippen molar-refractivity contribution in [3.05, 3.63) is 175 Å². The second kappa shape index (κ2) is 11.9. The molecule has 0 N–H and O–H groups in total. The second-order valence-corrected chi connectivity index (χ2v) is 11.2. The van der Waals surface area contributed by atoms with Crippen LogP contribution in [0.4, 0.5) is 0 Å². The molecular weight excluding hydrogens is 468 g/mol. The summed E-state index contributed by atoms with van der Waals surface area (Å²) < 4.78 is 0. The van der Waals surface area contributed by atoms with Crippen molar-refractivity contribution in [3.8, 4) is 0 Å². The van der Waals surface area contributed by atoms with Crippen LogP contribution in [0, 0.1) is 34.6 Å². The molecule has 0 radical (unpaired) electrons. The SMILES string of the molecule is Cc1ccccc1Cc1cccc(Cc2cccc(Cc3cccc(Cc4ccccc4C)c3C)c2C)c1C. The van der Waals surface area contributed by atoms with Crippen molar-refractivity contribution in [2.24, 2.45) is 0 Å². The fourth-order valence-electron chi connectivity index (χ4n) is 5.80. The van der Waals surface area contributed by atoms with E-state index in [1.165, 1.54) is 72.3 Å². The van der Waals surface area contributed by atoms with Crippen molar-refractivity contribution in [1.29, 1.82) is 0 Å². The molecule has 5 aromatic carbocycles. The van der Waals surface area contributed by atoms with Crippen LogP contribution < -0.4 is 0 Å². The van der Waals surface area contributed by atoms with Gasteiger partial charge in [-0.1, -0.05) is 103 Å². The molecule has 0 aliphatic heterocycles. The molecule has 0 aliphatic carbocycles. The first-order valence-electron chi connectivity index (χ1n) is 14.2. The van der Waals surface area contributed by atoms with Gasteiger partial charge < -0.3 is 0 Å². The summed E-state index contributed by atoms with van der Waals surface area (Å²) in [6.45, 7) is 11.3. The standard InChI is InChI=1S/C39H40/c1-27-13-6-8-15-32(27)23-34-17-10-19-36(29(34)3)25-38-21-12-22-39(31(38)5)26-37-20-11-18-35(30(37)4)24-33-16-9-7-14-28(33)2/h6-22H,23-26H2,1-5H3. The lowest BCUT2D eigenvalue weighted by molar-refractivity contribution is 1.04. The van der Waals surface area contributed by atoms with E-state index < -0.39 is 0 Å². The van der Waals surface area contributed by atoms with E-state index in [1.54, 1.807) is 0 Å². The fourth-order valence-corrected chi connectivity index (χ4v) is 5.80. The highest BCUT2D eigenvalue weighted by atomic mass is 14.2. The fraction of sp³-hybridized carbons (Fsp3) is 0.231. The molecule has 0 spiro atoms. The van der Waals surface area contributed by atoms with Gasteiger partial charge in [-0.15, -0.1) is 0 Å². The zero-order chi connectivity index (χ0) is 27.4. The Balaban J connectivity index is 1.38. The normalized spacial score (nSPS) is 11.1. The monoisotopic (exact) mass is 508 g/mol. The third-order valence-corrected chi connectivity index (χ3v) is 8.72. The summed E-state index contributed by atoms with van der Waals surface area (Å²) in [4.78, 5) is 0. The summed E-state index contributed by atoms with van der Waals surface area (Å²) in [6, 6.07) is 38.0. The minimum atomic E-state index is 0.972. The quantitative estimate of drug-likeness (QED) is 0.196. The molecule has 0 amide bonds. The van der Waals surface area contributed by atoms with Crippen molar-refractivity contribution in [3.63, 3.8) is 0 Å². The second-order valence-electron chi connectivity index (χ2n) is 11.2. The highest BCUT2D eigenvalue weighted by molar-refractivity contribution is 5.47. The molecule has 39 heavy (non-hydrogen) atoms. The first-order valence-corrected chi connectivity index (χ1v) is 14.2. The minimum absolute atomic E-state index is 0.972. The molecule has 0 aliphatic rings. The highest BCUT2D eigenvalue weighted by Crippen LogP contribution is 2.27. The molecule has 5 rings (SSSR count). The molecule has 196 valence electrons. The zero-order valence-corrected chi connectivity index (χ0v) is 24.1. The summed E-state index contributed by atoms with van der Waals surface area (Å²) in [5.41, 5.74) is 18.4. The average molecular weight is 509 g/mol. The van der Waals surface area contributed by atoms with Gasteiger partial charge in [0.25, 0.3) is 0 Å². The maximum atomic E-state index is 2.31. The van der Waals surface area contributed by atoms with Gasteiger partial charge in [0.05, 0.1) is 0 Å². The first-order chi connectivity index (χ1) is 18.9. The van der Waals surface area contributed by atoms with Crippen LogP contribution in [0.1, 0.15) is 72.3 Å². The molecule has 0 saturated heterocycles. The molecule has 0 atom stereocenters. The van der Waals surface area contributed by atoms with Crippen LogP contribution in [0.2, 0.25) is 0 Å². The van der Waals surface area contributed by atoms with Crippen molar-refractivity contribution < 1.29 is 0 Å². The van der Waals surface area contributed by atoms with Gasteiger partial charge >= 0.3 is 0 Å². The summed E-state index contributed by atoms with van der Waals surface area (Å²) in [5.74, 6) is 0. The van der Waals surface area contributed by atoms with Gasteiger partial charge in [-0.05, 0) is 133 Å². The Morgan fingerprint density at radius 2 is 0.513 bits per heavy atom. The van der Waals surface area contributed by atoms with Gasteiger partial charge in [-0.25, -0.2) is 0 Å². The summed E-state index contributed by atoms with van der Waals surface area (Å²) in [5, 5.41) is 0. The summed E-state index contributed by atoms with van der Waals surface area (Å²) >= 11 is 0. The van der Waals surface area contributed by atoms with Crippen molar-refractivity contribution in [2.75, 3.05) is 0 Å². The van der Waals surface area contributed by atoms with Crippen LogP contribution in [0.3, 0.4) is 0 Å². The maximum Gasteiger partial charge on any atom is -0.00203 e. The van der Waals surface area contributed by atoms with E-state index in [0.29, 0.717) is 0 Å². The number of rotatable bonds is 8. The molecule has 0 unspecified atom stereocenters. The Kier molecular flexibility index (Phi) is 8.13. The van der Waals surface area contributed by atoms with Crippen LogP contribution in [0.15, 0.2) is 103 Å². The zero-order valence-electron chi connectivity index (χ0n) is 24.1. The molecule has 0 fully saturated rings. The minimum Gasteiger partial charge on any atom is -0.0620 e. The number of benzene rings is 5. The average Bonchev–Trinajstić information content (AvgIpc) is 2.93.